The first-order valence-electron chi connectivity index (χ1n) is 8.95. The molecule has 1 amide bonds. The quantitative estimate of drug-likeness (QED) is 0.478. The number of carbonyl (C=O) groups excluding carboxylic acids is 1. The molecule has 9 heteroatoms. The molecule has 0 fully saturated rings. The molecule has 3 aromatic rings. The van der Waals surface area contributed by atoms with E-state index in [2.05, 4.69) is 15.5 Å². The van der Waals surface area contributed by atoms with Crippen LogP contribution < -0.4 is 5.32 Å². The van der Waals surface area contributed by atoms with Gasteiger partial charge in [0.1, 0.15) is 5.82 Å². The summed E-state index contributed by atoms with van der Waals surface area (Å²) in [5.74, 6) is 0.761. The number of hydrogen-bond donors (Lipinski definition) is 1. The van der Waals surface area contributed by atoms with Gasteiger partial charge in [0.05, 0.1) is 16.1 Å². The number of carbonyl (C=O) groups is 1. The number of nitrogens with one attached hydrogen (secondary N) is 1. The molecule has 152 valence electrons. The van der Waals surface area contributed by atoms with E-state index in [1.54, 1.807) is 24.3 Å². The molecule has 29 heavy (non-hydrogen) atoms. The van der Waals surface area contributed by atoms with Crippen molar-refractivity contribution in [3.63, 3.8) is 0 Å². The average Bonchev–Trinajstić information content (AvgIpc) is 3.12. The Balaban J connectivity index is 1.70. The zero-order valence-corrected chi connectivity index (χ0v) is 18.2. The van der Waals surface area contributed by atoms with Gasteiger partial charge in [-0.2, -0.15) is 0 Å². The van der Waals surface area contributed by atoms with Crippen molar-refractivity contribution in [2.24, 2.45) is 0 Å². The van der Waals surface area contributed by atoms with Crippen LogP contribution >= 0.6 is 35.0 Å². The number of halogens is 3. The van der Waals surface area contributed by atoms with Crippen LogP contribution in [0.3, 0.4) is 0 Å². The monoisotopic (exact) mass is 452 g/mol. The van der Waals surface area contributed by atoms with Crippen molar-refractivity contribution in [1.29, 1.82) is 0 Å². The van der Waals surface area contributed by atoms with Crippen molar-refractivity contribution in [1.82, 2.24) is 20.1 Å². The molecule has 0 aliphatic carbocycles. The number of rotatable bonds is 7. The number of aromatic nitrogens is 3. The van der Waals surface area contributed by atoms with E-state index in [-0.39, 0.29) is 17.8 Å². The molecule has 1 heterocycles. The summed E-state index contributed by atoms with van der Waals surface area (Å²) >= 11 is 13.4. The van der Waals surface area contributed by atoms with Crippen molar-refractivity contribution in [3.8, 4) is 0 Å². The van der Waals surface area contributed by atoms with Crippen molar-refractivity contribution in [3.05, 3.63) is 75.3 Å². The van der Waals surface area contributed by atoms with Gasteiger partial charge in [0.25, 0.3) is 5.91 Å². The molecule has 0 unspecified atom stereocenters. The Morgan fingerprint density at radius 3 is 2.55 bits per heavy atom. The van der Waals surface area contributed by atoms with Gasteiger partial charge in [-0.3, -0.25) is 4.79 Å². The Labute approximate surface area is 182 Å². The van der Waals surface area contributed by atoms with Crippen LogP contribution in [0.4, 0.5) is 4.39 Å². The molecule has 1 N–H and O–H groups in total. The highest BCUT2D eigenvalue weighted by atomic mass is 35.5. The lowest BCUT2D eigenvalue weighted by atomic mass is 10.2. The molecule has 0 aliphatic rings. The Bertz CT molecular complexity index is 1010. The maximum absolute atomic E-state index is 13.0. The molecular weight excluding hydrogens is 434 g/mol. The van der Waals surface area contributed by atoms with E-state index in [1.165, 1.54) is 30.0 Å². The second-order valence-electron chi connectivity index (χ2n) is 6.32. The van der Waals surface area contributed by atoms with E-state index in [1.807, 2.05) is 18.4 Å². The zero-order chi connectivity index (χ0) is 21.0. The maximum Gasteiger partial charge on any atom is 0.251 e. The highest BCUT2D eigenvalue weighted by Crippen LogP contribution is 2.25. The highest BCUT2D eigenvalue weighted by molar-refractivity contribution is 7.98. The van der Waals surface area contributed by atoms with E-state index >= 15 is 0 Å². The Morgan fingerprint density at radius 1 is 1.17 bits per heavy atom. The first kappa shape index (κ1) is 21.6. The fraction of sp³-hybridized carbons (Fsp3) is 0.250. The van der Waals surface area contributed by atoms with E-state index in [0.717, 1.165) is 10.7 Å². The summed E-state index contributed by atoms with van der Waals surface area (Å²) in [5.41, 5.74) is 1.41. The normalized spacial score (nSPS) is 12.0. The Morgan fingerprint density at radius 2 is 1.90 bits per heavy atom. The summed E-state index contributed by atoms with van der Waals surface area (Å²) in [6, 6.07) is 10.7. The molecule has 1 atom stereocenters. The predicted octanol–water partition coefficient (Wildman–Crippen LogP) is 5.53. The van der Waals surface area contributed by atoms with Gasteiger partial charge < -0.3 is 9.88 Å². The number of amides is 1. The number of nitrogens with zero attached hydrogens (tertiary/aromatic N) is 3. The fourth-order valence-corrected chi connectivity index (χ4v) is 4.00. The number of benzene rings is 2. The largest absolute Gasteiger partial charge is 0.342 e. The van der Waals surface area contributed by atoms with Gasteiger partial charge in [0, 0.05) is 17.9 Å². The minimum atomic E-state index is -0.357. The van der Waals surface area contributed by atoms with E-state index in [0.29, 0.717) is 33.7 Å². The Kier molecular flexibility index (Phi) is 7.16. The van der Waals surface area contributed by atoms with Crippen LogP contribution in [0.1, 0.15) is 41.6 Å². The molecule has 0 radical (unpaired) electrons. The lowest BCUT2D eigenvalue weighted by Crippen LogP contribution is -2.28. The van der Waals surface area contributed by atoms with Gasteiger partial charge in [0.2, 0.25) is 0 Å². The summed E-state index contributed by atoms with van der Waals surface area (Å²) in [5, 5.41) is 12.9. The van der Waals surface area contributed by atoms with E-state index < -0.39 is 0 Å². The van der Waals surface area contributed by atoms with Gasteiger partial charge in [-0.25, -0.2) is 4.39 Å². The van der Waals surface area contributed by atoms with Crippen LogP contribution in [0.5, 0.6) is 0 Å². The molecule has 2 aromatic carbocycles. The molecule has 0 spiro atoms. The Hall–Kier alpha value is -2.09. The molecular formula is C20H19Cl2FN4OS. The minimum Gasteiger partial charge on any atom is -0.342 e. The molecule has 0 aliphatic heterocycles. The van der Waals surface area contributed by atoms with E-state index in [9.17, 15) is 9.18 Å². The third kappa shape index (κ3) is 5.29. The van der Waals surface area contributed by atoms with Gasteiger partial charge >= 0.3 is 0 Å². The van der Waals surface area contributed by atoms with Crippen LogP contribution in [-0.2, 0) is 12.3 Å². The molecule has 0 bridgehead atoms. The van der Waals surface area contributed by atoms with Gasteiger partial charge in [-0.15, -0.1) is 10.2 Å². The van der Waals surface area contributed by atoms with Crippen molar-refractivity contribution >= 4 is 40.9 Å². The highest BCUT2D eigenvalue weighted by Gasteiger charge is 2.20. The molecule has 0 saturated carbocycles. The molecule has 3 rings (SSSR count). The topological polar surface area (TPSA) is 59.8 Å². The fourth-order valence-electron chi connectivity index (χ4n) is 2.73. The summed E-state index contributed by atoms with van der Waals surface area (Å²) in [6.07, 6.45) is 0. The van der Waals surface area contributed by atoms with Gasteiger partial charge in [-0.1, -0.05) is 47.1 Å². The lowest BCUT2D eigenvalue weighted by molar-refractivity contribution is 0.0937. The summed E-state index contributed by atoms with van der Waals surface area (Å²) in [6.45, 7) is 4.49. The SMILES string of the molecule is CCn1c(SCc2ccc(F)cc2)nnc1[C@H](C)NC(=O)c1ccc(Cl)c(Cl)c1. The lowest BCUT2D eigenvalue weighted by Gasteiger charge is -2.15. The third-order valence-electron chi connectivity index (χ3n) is 4.26. The first-order valence-corrected chi connectivity index (χ1v) is 10.7. The van der Waals surface area contributed by atoms with Crippen molar-refractivity contribution in [2.45, 2.75) is 37.3 Å². The molecule has 0 saturated heterocycles. The number of thioether (sulfide) groups is 1. The molecule has 5 nitrogen and oxygen atoms in total. The van der Waals surface area contributed by atoms with Gasteiger partial charge in [-0.05, 0) is 49.7 Å². The van der Waals surface area contributed by atoms with Crippen LogP contribution in [0, 0.1) is 5.82 Å². The smallest absolute Gasteiger partial charge is 0.251 e. The zero-order valence-electron chi connectivity index (χ0n) is 15.8. The number of hydrogen-bond acceptors (Lipinski definition) is 4. The van der Waals surface area contributed by atoms with Crippen molar-refractivity contribution < 1.29 is 9.18 Å². The van der Waals surface area contributed by atoms with Crippen LogP contribution in [0.2, 0.25) is 10.0 Å². The standard InChI is InChI=1S/C20H19Cl2FN4OS/c1-3-27-18(12(2)24-19(28)14-6-9-16(21)17(22)10-14)25-26-20(27)29-11-13-4-7-15(23)8-5-13/h4-10,12H,3,11H2,1-2H3,(H,24,28)/t12-/m0/s1. The summed E-state index contributed by atoms with van der Waals surface area (Å²) < 4.78 is 15.0. The second kappa shape index (κ2) is 9.61. The van der Waals surface area contributed by atoms with Crippen LogP contribution in [0.15, 0.2) is 47.6 Å². The van der Waals surface area contributed by atoms with Crippen molar-refractivity contribution in [2.75, 3.05) is 0 Å². The average molecular weight is 453 g/mol. The third-order valence-corrected chi connectivity index (χ3v) is 6.04. The second-order valence-corrected chi connectivity index (χ2v) is 8.08. The van der Waals surface area contributed by atoms with Crippen LogP contribution in [-0.4, -0.2) is 20.7 Å². The summed E-state index contributed by atoms with van der Waals surface area (Å²) in [7, 11) is 0. The van der Waals surface area contributed by atoms with Crippen LogP contribution in [0.25, 0.3) is 0 Å². The molecule has 1 aromatic heterocycles. The van der Waals surface area contributed by atoms with Gasteiger partial charge in [0.15, 0.2) is 11.0 Å². The maximum atomic E-state index is 13.0. The predicted molar refractivity (Wildman–Crippen MR) is 114 cm³/mol. The summed E-state index contributed by atoms with van der Waals surface area (Å²) in [4.78, 5) is 12.5. The van der Waals surface area contributed by atoms with E-state index in [4.69, 9.17) is 23.2 Å². The first-order chi connectivity index (χ1) is 13.9. The minimum absolute atomic E-state index is 0.260.